The molecule has 0 spiro atoms. The zero-order chi connectivity index (χ0) is 16.0. The summed E-state index contributed by atoms with van der Waals surface area (Å²) in [7, 11) is 3.77. The van der Waals surface area contributed by atoms with Crippen molar-refractivity contribution in [3.63, 3.8) is 0 Å². The highest BCUT2D eigenvalue weighted by atomic mass is 32.1. The number of nitrogens with zero attached hydrogens (tertiary/aromatic N) is 1. The summed E-state index contributed by atoms with van der Waals surface area (Å²) in [6.45, 7) is 1.92. The fourth-order valence-corrected chi connectivity index (χ4v) is 4.66. The summed E-state index contributed by atoms with van der Waals surface area (Å²) in [6.07, 6.45) is 0.676. The summed E-state index contributed by atoms with van der Waals surface area (Å²) in [5.41, 5.74) is 2.99. The van der Waals surface area contributed by atoms with Crippen LogP contribution in [0.3, 0.4) is 0 Å². The maximum Gasteiger partial charge on any atom is 0.256 e. The second-order valence-corrected chi connectivity index (χ2v) is 7.09. The molecule has 0 aliphatic carbocycles. The normalized spacial score (nSPS) is 20.3. The van der Waals surface area contributed by atoms with E-state index in [4.69, 9.17) is 4.74 Å². The molecule has 6 heteroatoms. The van der Waals surface area contributed by atoms with Crippen LogP contribution in [0.25, 0.3) is 0 Å². The molecule has 2 aliphatic rings. The molecule has 1 amide bonds. The molecule has 0 saturated carbocycles. The van der Waals surface area contributed by atoms with Crippen LogP contribution in [0.4, 0.5) is 5.00 Å². The number of ether oxygens (including phenoxy) is 1. The summed E-state index contributed by atoms with van der Waals surface area (Å²) in [5, 5.41) is 7.53. The van der Waals surface area contributed by atoms with Crippen molar-refractivity contribution in [1.82, 2.24) is 10.2 Å². The van der Waals surface area contributed by atoms with E-state index in [1.165, 1.54) is 10.4 Å². The Labute approximate surface area is 139 Å². The molecule has 1 aromatic carbocycles. The van der Waals surface area contributed by atoms with Gasteiger partial charge in [0.15, 0.2) is 0 Å². The van der Waals surface area contributed by atoms with E-state index in [2.05, 4.69) is 22.6 Å². The fourth-order valence-electron chi connectivity index (χ4n) is 3.30. The minimum atomic E-state index is -0.260. The standard InChI is InChI=1S/C17H19N3O2S/c1-20-8-7-11-13(9-20)23-17-14(11)16(21)18-15(19-17)10-5-3-4-6-12(10)22-2/h3-6,15,19H,7-9H2,1-2H3,(H,18,21)/t15-/m1/s1. The average molecular weight is 329 g/mol. The monoisotopic (exact) mass is 329 g/mol. The van der Waals surface area contributed by atoms with Crippen LogP contribution in [0.2, 0.25) is 0 Å². The number of likely N-dealkylation sites (N-methyl/N-ethyl adjacent to an activating group) is 1. The number of benzene rings is 1. The summed E-state index contributed by atoms with van der Waals surface area (Å²) in [5.74, 6) is 0.784. The van der Waals surface area contributed by atoms with E-state index in [0.29, 0.717) is 0 Å². The lowest BCUT2D eigenvalue weighted by molar-refractivity contribution is 0.0934. The predicted octanol–water partition coefficient (Wildman–Crippen LogP) is 2.60. The third kappa shape index (κ3) is 2.38. The summed E-state index contributed by atoms with van der Waals surface area (Å²) in [6, 6.07) is 7.77. The number of carbonyl (C=O) groups excluding carboxylic acids is 1. The lowest BCUT2D eigenvalue weighted by atomic mass is 10.0. The Hall–Kier alpha value is -2.05. The molecule has 4 rings (SSSR count). The smallest absolute Gasteiger partial charge is 0.256 e. The molecule has 2 aromatic rings. The maximum absolute atomic E-state index is 12.7. The number of carbonyl (C=O) groups is 1. The second kappa shape index (κ2) is 5.54. The van der Waals surface area contributed by atoms with Crippen LogP contribution >= 0.6 is 11.3 Å². The van der Waals surface area contributed by atoms with Crippen LogP contribution in [0.1, 0.15) is 32.5 Å². The SMILES string of the molecule is COc1ccccc1[C@@H]1NC(=O)c2c(sc3c2CCN(C)C3)N1. The Morgan fingerprint density at radius 3 is 2.96 bits per heavy atom. The molecule has 3 heterocycles. The quantitative estimate of drug-likeness (QED) is 0.889. The van der Waals surface area contributed by atoms with Gasteiger partial charge in [-0.15, -0.1) is 11.3 Å². The molecule has 1 atom stereocenters. The molecule has 5 nitrogen and oxygen atoms in total. The number of nitrogens with one attached hydrogen (secondary N) is 2. The van der Waals surface area contributed by atoms with E-state index in [-0.39, 0.29) is 12.1 Å². The highest BCUT2D eigenvalue weighted by molar-refractivity contribution is 7.16. The van der Waals surface area contributed by atoms with Crippen LogP contribution < -0.4 is 15.4 Å². The van der Waals surface area contributed by atoms with Crippen molar-refractivity contribution in [3.05, 3.63) is 45.8 Å². The first-order valence-electron chi connectivity index (χ1n) is 7.70. The van der Waals surface area contributed by atoms with Crippen LogP contribution in [-0.4, -0.2) is 31.5 Å². The van der Waals surface area contributed by atoms with Crippen molar-refractivity contribution in [2.75, 3.05) is 26.0 Å². The number of rotatable bonds is 2. The van der Waals surface area contributed by atoms with Gasteiger partial charge in [-0.3, -0.25) is 4.79 Å². The third-order valence-electron chi connectivity index (χ3n) is 4.48. The Morgan fingerprint density at radius 2 is 2.13 bits per heavy atom. The lowest BCUT2D eigenvalue weighted by Crippen LogP contribution is -2.38. The van der Waals surface area contributed by atoms with Crippen molar-refractivity contribution < 1.29 is 9.53 Å². The van der Waals surface area contributed by atoms with Gasteiger partial charge in [-0.2, -0.15) is 0 Å². The van der Waals surface area contributed by atoms with Gasteiger partial charge < -0.3 is 20.3 Å². The molecule has 2 aliphatic heterocycles. The molecular formula is C17H19N3O2S. The zero-order valence-electron chi connectivity index (χ0n) is 13.2. The van der Waals surface area contributed by atoms with Crippen molar-refractivity contribution in [2.45, 2.75) is 19.1 Å². The number of fused-ring (bicyclic) bond motifs is 3. The van der Waals surface area contributed by atoms with Gasteiger partial charge in [-0.25, -0.2) is 0 Å². The van der Waals surface area contributed by atoms with Crippen molar-refractivity contribution in [2.24, 2.45) is 0 Å². The average Bonchev–Trinajstić information content (AvgIpc) is 2.92. The molecule has 1 aromatic heterocycles. The van der Waals surface area contributed by atoms with E-state index in [1.807, 2.05) is 24.3 Å². The van der Waals surface area contributed by atoms with Crippen LogP contribution in [0, 0.1) is 0 Å². The van der Waals surface area contributed by atoms with Crippen LogP contribution in [-0.2, 0) is 13.0 Å². The first-order valence-corrected chi connectivity index (χ1v) is 8.52. The maximum atomic E-state index is 12.7. The second-order valence-electron chi connectivity index (χ2n) is 5.99. The van der Waals surface area contributed by atoms with Crippen molar-refractivity contribution in [3.8, 4) is 5.75 Å². The van der Waals surface area contributed by atoms with Gasteiger partial charge in [0.05, 0.1) is 12.7 Å². The van der Waals surface area contributed by atoms with Gasteiger partial charge >= 0.3 is 0 Å². The molecular weight excluding hydrogens is 310 g/mol. The van der Waals surface area contributed by atoms with Crippen LogP contribution in [0.5, 0.6) is 5.75 Å². The fraction of sp³-hybridized carbons (Fsp3) is 0.353. The molecule has 0 bridgehead atoms. The molecule has 2 N–H and O–H groups in total. The van der Waals surface area contributed by atoms with Gasteiger partial charge in [0.2, 0.25) is 0 Å². The molecule has 0 fully saturated rings. The first-order chi connectivity index (χ1) is 11.2. The zero-order valence-corrected chi connectivity index (χ0v) is 14.0. The summed E-state index contributed by atoms with van der Waals surface area (Å²) < 4.78 is 5.42. The minimum absolute atomic E-state index is 0.0108. The van der Waals surface area contributed by atoms with E-state index in [0.717, 1.165) is 41.4 Å². The highest BCUT2D eigenvalue weighted by Crippen LogP contribution is 2.41. The summed E-state index contributed by atoms with van der Waals surface area (Å²) in [4.78, 5) is 16.3. The van der Waals surface area contributed by atoms with Gasteiger partial charge in [-0.05, 0) is 25.1 Å². The van der Waals surface area contributed by atoms with Gasteiger partial charge in [0.1, 0.15) is 16.9 Å². The summed E-state index contributed by atoms with van der Waals surface area (Å²) >= 11 is 1.70. The molecule has 0 saturated heterocycles. The van der Waals surface area contributed by atoms with Crippen LogP contribution in [0.15, 0.2) is 24.3 Å². The number of hydrogen-bond acceptors (Lipinski definition) is 5. The Balaban J connectivity index is 1.72. The molecule has 120 valence electrons. The molecule has 0 unspecified atom stereocenters. The number of thiophene rings is 1. The number of para-hydroxylation sites is 1. The number of methoxy groups -OCH3 is 1. The molecule has 23 heavy (non-hydrogen) atoms. The third-order valence-corrected chi connectivity index (χ3v) is 5.62. The van der Waals surface area contributed by atoms with E-state index in [1.54, 1.807) is 18.4 Å². The predicted molar refractivity (Wildman–Crippen MR) is 91.2 cm³/mol. The molecule has 0 radical (unpaired) electrons. The largest absolute Gasteiger partial charge is 0.496 e. The van der Waals surface area contributed by atoms with E-state index < -0.39 is 0 Å². The van der Waals surface area contributed by atoms with Crippen molar-refractivity contribution in [1.29, 1.82) is 0 Å². The Kier molecular flexibility index (Phi) is 3.50. The minimum Gasteiger partial charge on any atom is -0.496 e. The van der Waals surface area contributed by atoms with Gasteiger partial charge in [-0.1, -0.05) is 18.2 Å². The topological polar surface area (TPSA) is 53.6 Å². The first kappa shape index (κ1) is 14.5. The highest BCUT2D eigenvalue weighted by Gasteiger charge is 2.33. The van der Waals surface area contributed by atoms with Gasteiger partial charge in [0.25, 0.3) is 5.91 Å². The van der Waals surface area contributed by atoms with E-state index in [9.17, 15) is 4.79 Å². The number of anilines is 1. The number of amides is 1. The Morgan fingerprint density at radius 1 is 1.30 bits per heavy atom. The van der Waals surface area contributed by atoms with E-state index >= 15 is 0 Å². The lowest BCUT2D eigenvalue weighted by Gasteiger charge is -2.28. The Bertz CT molecular complexity index is 771. The van der Waals surface area contributed by atoms with Crippen molar-refractivity contribution >= 4 is 22.2 Å². The number of hydrogen-bond donors (Lipinski definition) is 2. The van der Waals surface area contributed by atoms with Gasteiger partial charge in [0, 0.05) is 23.5 Å².